The second-order valence-electron chi connectivity index (χ2n) is 5.29. The first-order valence-corrected chi connectivity index (χ1v) is 7.59. The number of hydrogen-bond acceptors (Lipinski definition) is 4. The van der Waals surface area contributed by atoms with Crippen molar-refractivity contribution >= 4 is 35.1 Å². The molecule has 126 valence electrons. The van der Waals surface area contributed by atoms with Crippen molar-refractivity contribution in [2.45, 2.75) is 33.2 Å². The van der Waals surface area contributed by atoms with E-state index in [9.17, 15) is 14.4 Å². The van der Waals surface area contributed by atoms with Crippen molar-refractivity contribution in [1.29, 1.82) is 0 Å². The summed E-state index contributed by atoms with van der Waals surface area (Å²) in [6.45, 7) is 5.55. The van der Waals surface area contributed by atoms with Gasteiger partial charge in [-0.05, 0) is 32.0 Å². The highest BCUT2D eigenvalue weighted by Gasteiger charge is 2.15. The molecule has 0 saturated heterocycles. The Morgan fingerprint density at radius 3 is 2.48 bits per heavy atom. The highest BCUT2D eigenvalue weighted by atomic mass is 35.5. The minimum absolute atomic E-state index is 0.0199. The number of rotatable bonds is 6. The van der Waals surface area contributed by atoms with Gasteiger partial charge >= 0.3 is 5.97 Å². The number of ether oxygens (including phenoxy) is 1. The smallest absolute Gasteiger partial charge is 0.337 e. The van der Waals surface area contributed by atoms with Crippen LogP contribution in [0.2, 0.25) is 5.02 Å². The number of methoxy groups -OCH3 is 1. The van der Waals surface area contributed by atoms with Crippen LogP contribution < -0.4 is 5.32 Å². The Hall–Kier alpha value is -2.08. The Morgan fingerprint density at radius 1 is 1.30 bits per heavy atom. The van der Waals surface area contributed by atoms with Gasteiger partial charge in [-0.15, -0.1) is 0 Å². The van der Waals surface area contributed by atoms with E-state index in [1.165, 1.54) is 32.2 Å². The number of carbonyl (C=O) groups excluding carboxylic acids is 3. The standard InChI is InChI=1S/C16H21ClN2O4/c1-10(2)19(11(3)20)8-7-15(21)18-14-9-12(16(22)23-4)5-6-13(14)17/h5-6,9-10H,7-8H2,1-4H3,(H,18,21). The quantitative estimate of drug-likeness (QED) is 0.808. The van der Waals surface area contributed by atoms with E-state index in [0.717, 1.165) is 0 Å². The Morgan fingerprint density at radius 2 is 1.96 bits per heavy atom. The molecule has 7 heteroatoms. The van der Waals surface area contributed by atoms with Crippen molar-refractivity contribution in [3.8, 4) is 0 Å². The van der Waals surface area contributed by atoms with Crippen LogP contribution in [0.4, 0.5) is 5.69 Å². The Bertz CT molecular complexity index is 602. The molecule has 0 aliphatic heterocycles. The van der Waals surface area contributed by atoms with Crippen LogP contribution in [0.5, 0.6) is 0 Å². The van der Waals surface area contributed by atoms with Crippen LogP contribution in [-0.4, -0.2) is 42.4 Å². The summed E-state index contributed by atoms with van der Waals surface area (Å²) >= 11 is 6.02. The Kier molecular flexibility index (Phi) is 7.03. The molecule has 0 unspecified atom stereocenters. The maximum atomic E-state index is 12.0. The van der Waals surface area contributed by atoms with Gasteiger partial charge in [-0.3, -0.25) is 9.59 Å². The molecule has 1 aromatic carbocycles. The summed E-state index contributed by atoms with van der Waals surface area (Å²) in [5.74, 6) is -0.890. The van der Waals surface area contributed by atoms with Gasteiger partial charge in [0.1, 0.15) is 0 Å². The van der Waals surface area contributed by atoms with Crippen molar-refractivity contribution in [2.24, 2.45) is 0 Å². The summed E-state index contributed by atoms with van der Waals surface area (Å²) in [5.41, 5.74) is 0.623. The Balaban J connectivity index is 2.74. The van der Waals surface area contributed by atoms with E-state index < -0.39 is 5.97 Å². The van der Waals surface area contributed by atoms with Gasteiger partial charge in [0.05, 0.1) is 23.4 Å². The molecule has 0 heterocycles. The highest BCUT2D eigenvalue weighted by Crippen LogP contribution is 2.23. The van der Waals surface area contributed by atoms with E-state index in [1.807, 2.05) is 13.8 Å². The van der Waals surface area contributed by atoms with E-state index in [4.69, 9.17) is 11.6 Å². The largest absolute Gasteiger partial charge is 0.465 e. The lowest BCUT2D eigenvalue weighted by Crippen LogP contribution is -2.37. The highest BCUT2D eigenvalue weighted by molar-refractivity contribution is 6.33. The molecule has 1 aromatic rings. The third-order valence-electron chi connectivity index (χ3n) is 3.27. The van der Waals surface area contributed by atoms with Crippen LogP contribution in [-0.2, 0) is 14.3 Å². The third-order valence-corrected chi connectivity index (χ3v) is 3.60. The number of nitrogens with one attached hydrogen (secondary N) is 1. The van der Waals surface area contributed by atoms with Crippen molar-refractivity contribution < 1.29 is 19.1 Å². The van der Waals surface area contributed by atoms with E-state index in [-0.39, 0.29) is 24.3 Å². The number of amides is 2. The van der Waals surface area contributed by atoms with Gasteiger partial charge in [0.15, 0.2) is 0 Å². The molecule has 6 nitrogen and oxygen atoms in total. The van der Waals surface area contributed by atoms with Crippen molar-refractivity contribution in [3.05, 3.63) is 28.8 Å². The van der Waals surface area contributed by atoms with Gasteiger partial charge in [-0.25, -0.2) is 4.79 Å². The fraction of sp³-hybridized carbons (Fsp3) is 0.438. The number of carbonyl (C=O) groups is 3. The number of esters is 1. The van der Waals surface area contributed by atoms with E-state index in [1.54, 1.807) is 4.90 Å². The second-order valence-corrected chi connectivity index (χ2v) is 5.70. The minimum atomic E-state index is -0.514. The Labute approximate surface area is 140 Å². The first-order chi connectivity index (χ1) is 10.8. The molecule has 0 aliphatic rings. The van der Waals surface area contributed by atoms with Crippen LogP contribution in [0, 0.1) is 0 Å². The van der Waals surface area contributed by atoms with Gasteiger partial charge < -0.3 is 15.0 Å². The summed E-state index contributed by atoms with van der Waals surface area (Å²) in [4.78, 5) is 36.6. The summed E-state index contributed by atoms with van der Waals surface area (Å²) in [5, 5.41) is 2.96. The summed E-state index contributed by atoms with van der Waals surface area (Å²) in [6, 6.07) is 4.50. The monoisotopic (exact) mass is 340 g/mol. The summed E-state index contributed by atoms with van der Waals surface area (Å²) in [7, 11) is 1.28. The SMILES string of the molecule is COC(=O)c1ccc(Cl)c(NC(=O)CCN(C(C)=O)C(C)C)c1. The molecule has 2 amide bonds. The molecule has 1 rings (SSSR count). The molecular weight excluding hydrogens is 320 g/mol. The first-order valence-electron chi connectivity index (χ1n) is 7.21. The number of anilines is 1. The molecule has 0 aliphatic carbocycles. The van der Waals surface area contributed by atoms with Crippen LogP contribution >= 0.6 is 11.6 Å². The van der Waals surface area contributed by atoms with Crippen LogP contribution in [0.3, 0.4) is 0 Å². The van der Waals surface area contributed by atoms with E-state index in [0.29, 0.717) is 22.8 Å². The van der Waals surface area contributed by atoms with E-state index in [2.05, 4.69) is 10.1 Å². The van der Waals surface area contributed by atoms with Gasteiger partial charge in [-0.1, -0.05) is 11.6 Å². The fourth-order valence-corrected chi connectivity index (χ4v) is 2.24. The molecule has 0 atom stereocenters. The van der Waals surface area contributed by atoms with E-state index >= 15 is 0 Å². The van der Waals surface area contributed by atoms with Gasteiger partial charge in [0.2, 0.25) is 11.8 Å². The normalized spacial score (nSPS) is 10.3. The molecule has 0 fully saturated rings. The minimum Gasteiger partial charge on any atom is -0.465 e. The molecule has 1 N–H and O–H groups in total. The second kappa shape index (κ2) is 8.53. The van der Waals surface area contributed by atoms with Crippen LogP contribution in [0.25, 0.3) is 0 Å². The van der Waals surface area contributed by atoms with Gasteiger partial charge in [-0.2, -0.15) is 0 Å². The maximum Gasteiger partial charge on any atom is 0.337 e. The maximum absolute atomic E-state index is 12.0. The zero-order valence-corrected chi connectivity index (χ0v) is 14.4. The number of nitrogens with zero attached hydrogens (tertiary/aromatic N) is 1. The first kappa shape index (κ1) is 19.0. The van der Waals surface area contributed by atoms with Crippen molar-refractivity contribution in [3.63, 3.8) is 0 Å². The lowest BCUT2D eigenvalue weighted by molar-refractivity contribution is -0.130. The molecule has 0 spiro atoms. The topological polar surface area (TPSA) is 75.7 Å². The van der Waals surface area contributed by atoms with Crippen LogP contribution in [0.15, 0.2) is 18.2 Å². The average Bonchev–Trinajstić information content (AvgIpc) is 2.48. The third kappa shape index (κ3) is 5.56. The van der Waals surface area contributed by atoms with Gasteiger partial charge in [0.25, 0.3) is 0 Å². The molecule has 23 heavy (non-hydrogen) atoms. The zero-order chi connectivity index (χ0) is 17.6. The number of hydrogen-bond donors (Lipinski definition) is 1. The molecule has 0 bridgehead atoms. The lowest BCUT2D eigenvalue weighted by Gasteiger charge is -2.25. The van der Waals surface area contributed by atoms with Gasteiger partial charge in [0, 0.05) is 25.9 Å². The molecule has 0 saturated carbocycles. The molecule has 0 aromatic heterocycles. The molecule has 0 radical (unpaired) electrons. The number of benzene rings is 1. The summed E-state index contributed by atoms with van der Waals surface area (Å²) in [6.07, 6.45) is 0.135. The summed E-state index contributed by atoms with van der Waals surface area (Å²) < 4.78 is 4.63. The predicted octanol–water partition coefficient (Wildman–Crippen LogP) is 2.71. The molecular formula is C16H21ClN2O4. The average molecular weight is 341 g/mol. The fourth-order valence-electron chi connectivity index (χ4n) is 2.08. The zero-order valence-electron chi connectivity index (χ0n) is 13.7. The van der Waals surface area contributed by atoms with Crippen molar-refractivity contribution in [1.82, 2.24) is 4.90 Å². The predicted molar refractivity (Wildman–Crippen MR) is 88.6 cm³/mol. The lowest BCUT2D eigenvalue weighted by atomic mass is 10.2. The number of halogens is 1. The van der Waals surface area contributed by atoms with Crippen LogP contribution in [0.1, 0.15) is 37.6 Å². The van der Waals surface area contributed by atoms with Crippen molar-refractivity contribution in [2.75, 3.05) is 19.0 Å².